The number of nitrogens with zero attached hydrogens (tertiary/aromatic N) is 2. The Morgan fingerprint density at radius 2 is 2.05 bits per heavy atom. The average molecular weight is 408 g/mol. The zero-order chi connectivity index (χ0) is 13.8. The topological polar surface area (TPSA) is 37.8 Å². The highest BCUT2D eigenvalue weighted by Crippen LogP contribution is 2.29. The molecule has 0 aliphatic heterocycles. The molecule has 6 heteroatoms. The summed E-state index contributed by atoms with van der Waals surface area (Å²) in [6, 6.07) is 5.81. The lowest BCUT2D eigenvalue weighted by molar-refractivity contribution is 0.904. The maximum Gasteiger partial charge on any atom is 0.138 e. The van der Waals surface area contributed by atoms with Gasteiger partial charge in [-0.15, -0.1) is 0 Å². The highest BCUT2D eigenvalue weighted by atomic mass is 127. The summed E-state index contributed by atoms with van der Waals surface area (Å²) in [6.07, 6.45) is 3.25. The fraction of sp³-hybridized carbons (Fsp3) is 0.231. The predicted octanol–water partition coefficient (Wildman–Crippen LogP) is 5.08. The summed E-state index contributed by atoms with van der Waals surface area (Å²) < 4.78 is 1.09. The molecule has 0 amide bonds. The molecule has 0 saturated heterocycles. The molecule has 0 fully saturated rings. The van der Waals surface area contributed by atoms with Gasteiger partial charge in [0.2, 0.25) is 0 Å². The third-order valence-electron chi connectivity index (χ3n) is 2.58. The number of halogens is 3. The predicted molar refractivity (Wildman–Crippen MR) is 88.5 cm³/mol. The number of nitrogens with one attached hydrogen (secondary N) is 1. The first kappa shape index (κ1) is 14.8. The van der Waals surface area contributed by atoms with Gasteiger partial charge < -0.3 is 5.32 Å². The van der Waals surface area contributed by atoms with Gasteiger partial charge in [0, 0.05) is 9.13 Å². The Kier molecular flexibility index (Phi) is 5.24. The molecule has 1 heterocycles. The summed E-state index contributed by atoms with van der Waals surface area (Å²) >= 11 is 14.5. The molecule has 0 atom stereocenters. The smallest absolute Gasteiger partial charge is 0.138 e. The molecule has 1 N–H and O–H groups in total. The summed E-state index contributed by atoms with van der Waals surface area (Å²) in [4.78, 5) is 8.27. The quantitative estimate of drug-likeness (QED) is 0.566. The number of benzene rings is 1. The van der Waals surface area contributed by atoms with Gasteiger partial charge >= 0.3 is 0 Å². The lowest BCUT2D eigenvalue weighted by Crippen LogP contribution is -2.02. The summed E-state index contributed by atoms with van der Waals surface area (Å²) in [5, 5.41) is 4.37. The molecule has 0 unspecified atom stereocenters. The molecule has 1 aromatic carbocycles. The van der Waals surface area contributed by atoms with Gasteiger partial charge in [-0.3, -0.25) is 0 Å². The highest BCUT2D eigenvalue weighted by Gasteiger charge is 2.10. The van der Waals surface area contributed by atoms with Gasteiger partial charge in [0.25, 0.3) is 0 Å². The minimum atomic E-state index is 0.487. The fourth-order valence-corrected chi connectivity index (χ4v) is 2.82. The first-order valence-electron chi connectivity index (χ1n) is 5.83. The van der Waals surface area contributed by atoms with Crippen molar-refractivity contribution in [1.82, 2.24) is 9.97 Å². The molecule has 2 rings (SSSR count). The van der Waals surface area contributed by atoms with Crippen LogP contribution in [-0.2, 0) is 6.42 Å². The van der Waals surface area contributed by atoms with Crippen LogP contribution in [0.25, 0.3) is 0 Å². The van der Waals surface area contributed by atoms with Crippen molar-refractivity contribution in [2.75, 3.05) is 5.32 Å². The van der Waals surface area contributed by atoms with E-state index in [0.29, 0.717) is 16.0 Å². The van der Waals surface area contributed by atoms with Gasteiger partial charge in [-0.25, -0.2) is 9.97 Å². The Morgan fingerprint density at radius 1 is 1.26 bits per heavy atom. The summed E-state index contributed by atoms with van der Waals surface area (Å²) in [5.74, 6) is 0.713. The molecule has 19 heavy (non-hydrogen) atoms. The van der Waals surface area contributed by atoms with Crippen molar-refractivity contribution >= 4 is 57.3 Å². The van der Waals surface area contributed by atoms with Crippen LogP contribution in [0, 0.1) is 3.57 Å². The van der Waals surface area contributed by atoms with E-state index in [1.165, 1.54) is 6.33 Å². The average Bonchev–Trinajstić information content (AvgIpc) is 2.37. The highest BCUT2D eigenvalue weighted by molar-refractivity contribution is 14.1. The minimum absolute atomic E-state index is 0.487. The number of hydrogen-bond acceptors (Lipinski definition) is 3. The minimum Gasteiger partial charge on any atom is -0.339 e. The van der Waals surface area contributed by atoms with Crippen LogP contribution in [0.3, 0.4) is 0 Å². The zero-order valence-corrected chi connectivity index (χ0v) is 13.9. The molecular formula is C13H12Cl2IN3. The van der Waals surface area contributed by atoms with Crippen LogP contribution in [0.1, 0.15) is 18.9 Å². The first-order valence-corrected chi connectivity index (χ1v) is 7.66. The monoisotopic (exact) mass is 407 g/mol. The molecule has 0 aliphatic rings. The van der Waals surface area contributed by atoms with E-state index in [4.69, 9.17) is 23.2 Å². The Balaban J connectivity index is 2.35. The van der Waals surface area contributed by atoms with Gasteiger partial charge in [0.15, 0.2) is 0 Å². The van der Waals surface area contributed by atoms with Crippen molar-refractivity contribution in [1.29, 1.82) is 0 Å². The van der Waals surface area contributed by atoms with E-state index < -0.39 is 0 Å². The van der Waals surface area contributed by atoms with Crippen LogP contribution < -0.4 is 5.32 Å². The number of aromatic nitrogens is 2. The van der Waals surface area contributed by atoms with Crippen LogP contribution in [-0.4, -0.2) is 9.97 Å². The number of rotatable bonds is 4. The summed E-state index contributed by atoms with van der Waals surface area (Å²) in [6.45, 7) is 2.09. The molecule has 2 aromatic rings. The van der Waals surface area contributed by atoms with E-state index in [2.05, 4.69) is 44.8 Å². The second kappa shape index (κ2) is 6.72. The normalized spacial score (nSPS) is 10.5. The first-order chi connectivity index (χ1) is 9.11. The van der Waals surface area contributed by atoms with Crippen LogP contribution in [0.5, 0.6) is 0 Å². The maximum absolute atomic E-state index is 6.20. The van der Waals surface area contributed by atoms with E-state index in [9.17, 15) is 0 Å². The van der Waals surface area contributed by atoms with Gasteiger partial charge in [-0.2, -0.15) is 0 Å². The van der Waals surface area contributed by atoms with Crippen molar-refractivity contribution in [3.8, 4) is 0 Å². The Morgan fingerprint density at radius 3 is 2.74 bits per heavy atom. The molecule has 0 bridgehead atoms. The second-order valence-electron chi connectivity index (χ2n) is 3.99. The molecule has 0 radical (unpaired) electrons. The summed E-state index contributed by atoms with van der Waals surface area (Å²) in [7, 11) is 0. The lowest BCUT2D eigenvalue weighted by atomic mass is 10.2. The number of hydrogen-bond donors (Lipinski definition) is 1. The third-order valence-corrected chi connectivity index (χ3v) is 3.89. The van der Waals surface area contributed by atoms with Gasteiger partial charge in [-0.1, -0.05) is 36.5 Å². The van der Waals surface area contributed by atoms with Gasteiger partial charge in [-0.05, 0) is 47.2 Å². The third kappa shape index (κ3) is 3.70. The lowest BCUT2D eigenvalue weighted by Gasteiger charge is -2.12. The fourth-order valence-electron chi connectivity index (χ4n) is 1.69. The van der Waals surface area contributed by atoms with E-state index >= 15 is 0 Å². The van der Waals surface area contributed by atoms with Crippen molar-refractivity contribution in [3.63, 3.8) is 0 Å². The van der Waals surface area contributed by atoms with Crippen LogP contribution in [0.15, 0.2) is 24.5 Å². The Bertz CT molecular complexity index is 590. The van der Waals surface area contributed by atoms with Gasteiger partial charge in [0.1, 0.15) is 17.3 Å². The van der Waals surface area contributed by atoms with Crippen molar-refractivity contribution in [3.05, 3.63) is 43.8 Å². The van der Waals surface area contributed by atoms with Crippen molar-refractivity contribution < 1.29 is 0 Å². The molecular weight excluding hydrogens is 396 g/mol. The van der Waals surface area contributed by atoms with Crippen molar-refractivity contribution in [2.45, 2.75) is 19.8 Å². The zero-order valence-electron chi connectivity index (χ0n) is 10.3. The SMILES string of the molecule is CCCc1c(Cl)ncnc1Nc1ccc(I)cc1Cl. The second-order valence-corrected chi connectivity index (χ2v) is 6.00. The van der Waals surface area contributed by atoms with Crippen molar-refractivity contribution in [2.24, 2.45) is 0 Å². The Labute approximate surface area is 135 Å². The molecule has 100 valence electrons. The number of anilines is 2. The van der Waals surface area contributed by atoms with Crippen LogP contribution in [0.4, 0.5) is 11.5 Å². The van der Waals surface area contributed by atoms with E-state index in [1.807, 2.05) is 18.2 Å². The van der Waals surface area contributed by atoms with E-state index in [0.717, 1.165) is 27.7 Å². The molecule has 0 aliphatic carbocycles. The molecule has 3 nitrogen and oxygen atoms in total. The molecule has 0 spiro atoms. The largest absolute Gasteiger partial charge is 0.339 e. The molecule has 0 saturated carbocycles. The Hall–Kier alpha value is -0.590. The summed E-state index contributed by atoms with van der Waals surface area (Å²) in [5.41, 5.74) is 1.73. The van der Waals surface area contributed by atoms with E-state index in [-0.39, 0.29) is 0 Å². The maximum atomic E-state index is 6.20. The molecule has 1 aromatic heterocycles. The van der Waals surface area contributed by atoms with Crippen LogP contribution >= 0.6 is 45.8 Å². The van der Waals surface area contributed by atoms with Gasteiger partial charge in [0.05, 0.1) is 10.7 Å². The standard InChI is InChI=1S/C13H12Cl2IN3/c1-2-3-9-12(15)17-7-18-13(9)19-11-5-4-8(16)6-10(11)14/h4-7H,2-3H2,1H3,(H,17,18,19). The van der Waals surface area contributed by atoms with E-state index in [1.54, 1.807) is 0 Å². The van der Waals surface area contributed by atoms with Crippen LogP contribution in [0.2, 0.25) is 10.2 Å².